The highest BCUT2D eigenvalue weighted by molar-refractivity contribution is 6.03. The SMILES string of the molecule is COc1ccc(C2=NN(C(C)=O)C(c3ccc4nccnc4c3)C2)c(F)c1. The van der Waals surface area contributed by atoms with E-state index < -0.39 is 5.82 Å². The fraction of sp³-hybridized carbons (Fsp3) is 0.200. The third kappa shape index (κ3) is 3.12. The number of carbonyl (C=O) groups is 1. The zero-order chi connectivity index (χ0) is 19.0. The van der Waals surface area contributed by atoms with Gasteiger partial charge in [0, 0.05) is 37.4 Å². The van der Waals surface area contributed by atoms with E-state index in [1.165, 1.54) is 25.1 Å². The molecule has 0 spiro atoms. The van der Waals surface area contributed by atoms with Gasteiger partial charge in [-0.25, -0.2) is 9.40 Å². The van der Waals surface area contributed by atoms with Gasteiger partial charge in [-0.3, -0.25) is 14.8 Å². The summed E-state index contributed by atoms with van der Waals surface area (Å²) in [7, 11) is 1.48. The van der Waals surface area contributed by atoms with Gasteiger partial charge in [-0.2, -0.15) is 5.10 Å². The summed E-state index contributed by atoms with van der Waals surface area (Å²) in [5, 5.41) is 5.79. The number of carbonyl (C=O) groups excluding carboxylic acids is 1. The molecule has 1 aliphatic heterocycles. The Morgan fingerprint density at radius 2 is 1.93 bits per heavy atom. The first-order valence-corrected chi connectivity index (χ1v) is 8.48. The molecule has 2 heterocycles. The third-order valence-corrected chi connectivity index (χ3v) is 4.60. The molecule has 27 heavy (non-hydrogen) atoms. The molecule has 0 aliphatic carbocycles. The number of amides is 1. The van der Waals surface area contributed by atoms with Gasteiger partial charge in [-0.1, -0.05) is 6.07 Å². The lowest BCUT2D eigenvalue weighted by Gasteiger charge is -2.20. The summed E-state index contributed by atoms with van der Waals surface area (Å²) >= 11 is 0. The molecule has 3 aromatic rings. The number of rotatable bonds is 3. The predicted molar refractivity (Wildman–Crippen MR) is 98.9 cm³/mol. The van der Waals surface area contributed by atoms with E-state index in [2.05, 4.69) is 15.1 Å². The van der Waals surface area contributed by atoms with Crippen LogP contribution in [0.5, 0.6) is 5.75 Å². The number of ether oxygens (including phenoxy) is 1. The maximum atomic E-state index is 14.5. The second-order valence-corrected chi connectivity index (χ2v) is 6.28. The summed E-state index contributed by atoms with van der Waals surface area (Å²) in [4.78, 5) is 20.7. The number of nitrogens with zero attached hydrogens (tertiary/aromatic N) is 4. The van der Waals surface area contributed by atoms with Gasteiger partial charge in [0.2, 0.25) is 5.91 Å². The Morgan fingerprint density at radius 3 is 2.63 bits per heavy atom. The molecule has 1 atom stereocenters. The first kappa shape index (κ1) is 17.1. The lowest BCUT2D eigenvalue weighted by molar-refractivity contribution is -0.130. The van der Waals surface area contributed by atoms with E-state index in [1.807, 2.05) is 18.2 Å². The maximum Gasteiger partial charge on any atom is 0.240 e. The van der Waals surface area contributed by atoms with E-state index in [1.54, 1.807) is 24.5 Å². The largest absolute Gasteiger partial charge is 0.497 e. The summed E-state index contributed by atoms with van der Waals surface area (Å²) < 4.78 is 19.5. The average Bonchev–Trinajstić information content (AvgIpc) is 3.13. The van der Waals surface area contributed by atoms with E-state index in [0.29, 0.717) is 23.4 Å². The van der Waals surface area contributed by atoms with E-state index in [-0.39, 0.29) is 11.9 Å². The van der Waals surface area contributed by atoms with Crippen LogP contribution in [0.4, 0.5) is 4.39 Å². The van der Waals surface area contributed by atoms with Crippen LogP contribution in [0.3, 0.4) is 0 Å². The van der Waals surface area contributed by atoms with Crippen LogP contribution in [-0.4, -0.2) is 33.7 Å². The van der Waals surface area contributed by atoms with Crippen LogP contribution in [0.15, 0.2) is 53.9 Å². The number of hydrazone groups is 1. The van der Waals surface area contributed by atoms with Crippen LogP contribution in [0.25, 0.3) is 11.0 Å². The molecule has 0 bridgehead atoms. The number of methoxy groups -OCH3 is 1. The highest BCUT2D eigenvalue weighted by Crippen LogP contribution is 2.34. The Hall–Kier alpha value is -3.35. The molecule has 1 aromatic heterocycles. The summed E-state index contributed by atoms with van der Waals surface area (Å²) in [5.41, 5.74) is 3.28. The zero-order valence-electron chi connectivity index (χ0n) is 14.9. The first-order chi connectivity index (χ1) is 13.1. The van der Waals surface area contributed by atoms with Crippen LogP contribution in [0.1, 0.15) is 30.5 Å². The van der Waals surface area contributed by atoms with Crippen molar-refractivity contribution in [2.24, 2.45) is 5.10 Å². The molecule has 1 amide bonds. The lowest BCUT2D eigenvalue weighted by Crippen LogP contribution is -2.24. The third-order valence-electron chi connectivity index (χ3n) is 4.60. The Morgan fingerprint density at radius 1 is 1.15 bits per heavy atom. The van der Waals surface area contributed by atoms with E-state index in [0.717, 1.165) is 16.6 Å². The molecule has 0 radical (unpaired) electrons. The Balaban J connectivity index is 1.71. The number of halogens is 1. The monoisotopic (exact) mass is 364 g/mol. The van der Waals surface area contributed by atoms with E-state index in [4.69, 9.17) is 4.74 Å². The smallest absolute Gasteiger partial charge is 0.240 e. The number of hydrogen-bond acceptors (Lipinski definition) is 5. The van der Waals surface area contributed by atoms with Gasteiger partial charge in [-0.05, 0) is 29.8 Å². The minimum atomic E-state index is -0.429. The minimum Gasteiger partial charge on any atom is -0.497 e. The highest BCUT2D eigenvalue weighted by Gasteiger charge is 2.32. The van der Waals surface area contributed by atoms with Crippen LogP contribution < -0.4 is 4.74 Å². The fourth-order valence-corrected chi connectivity index (χ4v) is 3.27. The second kappa shape index (κ2) is 6.75. The predicted octanol–water partition coefficient (Wildman–Crippen LogP) is 3.48. The summed E-state index contributed by atoms with van der Waals surface area (Å²) in [6.45, 7) is 1.45. The molecule has 2 aromatic carbocycles. The van der Waals surface area contributed by atoms with Crippen molar-refractivity contribution in [2.45, 2.75) is 19.4 Å². The van der Waals surface area contributed by atoms with Crippen LogP contribution in [0, 0.1) is 5.82 Å². The van der Waals surface area contributed by atoms with E-state index in [9.17, 15) is 9.18 Å². The highest BCUT2D eigenvalue weighted by atomic mass is 19.1. The summed E-state index contributed by atoms with van der Waals surface area (Å²) in [6.07, 6.45) is 3.67. The Kier molecular flexibility index (Phi) is 4.27. The van der Waals surface area contributed by atoms with Gasteiger partial charge in [0.15, 0.2) is 0 Å². The first-order valence-electron chi connectivity index (χ1n) is 8.48. The molecule has 1 unspecified atom stereocenters. The van der Waals surface area contributed by atoms with Crippen molar-refractivity contribution in [3.05, 3.63) is 65.7 Å². The minimum absolute atomic E-state index is 0.205. The molecule has 6 nitrogen and oxygen atoms in total. The van der Waals surface area contributed by atoms with Gasteiger partial charge < -0.3 is 4.74 Å². The van der Waals surface area contributed by atoms with Crippen LogP contribution in [-0.2, 0) is 4.79 Å². The number of fused-ring (bicyclic) bond motifs is 1. The molecule has 1 aliphatic rings. The molecule has 4 rings (SSSR count). The molecule has 136 valence electrons. The van der Waals surface area contributed by atoms with Crippen molar-refractivity contribution >= 4 is 22.7 Å². The average molecular weight is 364 g/mol. The normalized spacial score (nSPS) is 16.5. The van der Waals surface area contributed by atoms with Crippen molar-refractivity contribution < 1.29 is 13.9 Å². The number of hydrogen-bond donors (Lipinski definition) is 0. The van der Waals surface area contributed by atoms with Gasteiger partial charge in [0.1, 0.15) is 11.6 Å². The van der Waals surface area contributed by atoms with Crippen molar-refractivity contribution in [2.75, 3.05) is 7.11 Å². The van der Waals surface area contributed by atoms with E-state index >= 15 is 0 Å². The number of aromatic nitrogens is 2. The van der Waals surface area contributed by atoms with Crippen molar-refractivity contribution in [3.63, 3.8) is 0 Å². The topological polar surface area (TPSA) is 67.7 Å². The molecule has 7 heteroatoms. The summed E-state index contributed by atoms with van der Waals surface area (Å²) in [6, 6.07) is 9.96. The number of benzene rings is 2. The summed E-state index contributed by atoms with van der Waals surface area (Å²) in [5.74, 6) is -0.201. The Bertz CT molecular complexity index is 1070. The lowest BCUT2D eigenvalue weighted by atomic mass is 9.97. The molecule has 0 saturated carbocycles. The van der Waals surface area contributed by atoms with Gasteiger partial charge in [0.25, 0.3) is 0 Å². The molecule has 0 saturated heterocycles. The molecule has 0 N–H and O–H groups in total. The standard InChI is InChI=1S/C20H17FN4O2/c1-12(26)25-20(13-3-6-17-19(9-13)23-8-7-22-17)11-18(24-25)15-5-4-14(27-2)10-16(15)21/h3-10,20H,11H2,1-2H3. The molecule has 0 fully saturated rings. The Labute approximate surface area is 155 Å². The molecular formula is C20H17FN4O2. The van der Waals surface area contributed by atoms with Crippen molar-refractivity contribution in [1.29, 1.82) is 0 Å². The second-order valence-electron chi connectivity index (χ2n) is 6.28. The van der Waals surface area contributed by atoms with Gasteiger partial charge in [0.05, 0.1) is 29.9 Å². The zero-order valence-corrected chi connectivity index (χ0v) is 14.9. The van der Waals surface area contributed by atoms with Crippen molar-refractivity contribution in [3.8, 4) is 5.75 Å². The van der Waals surface area contributed by atoms with Crippen molar-refractivity contribution in [1.82, 2.24) is 15.0 Å². The molecular weight excluding hydrogens is 347 g/mol. The maximum absolute atomic E-state index is 14.5. The fourth-order valence-electron chi connectivity index (χ4n) is 3.27. The van der Waals surface area contributed by atoms with Gasteiger partial charge >= 0.3 is 0 Å². The van der Waals surface area contributed by atoms with Crippen LogP contribution >= 0.6 is 0 Å². The quantitative estimate of drug-likeness (QED) is 0.714. The van der Waals surface area contributed by atoms with Crippen LogP contribution in [0.2, 0.25) is 0 Å². The van der Waals surface area contributed by atoms with Gasteiger partial charge in [-0.15, -0.1) is 0 Å².